The number of hydrogen-bond acceptors (Lipinski definition) is 4. The van der Waals surface area contributed by atoms with E-state index < -0.39 is 0 Å². The normalized spacial score (nSPS) is 20.3. The van der Waals surface area contributed by atoms with Crippen molar-refractivity contribution in [2.24, 2.45) is 0 Å². The molecule has 0 radical (unpaired) electrons. The van der Waals surface area contributed by atoms with Crippen LogP contribution < -0.4 is 10.2 Å². The summed E-state index contributed by atoms with van der Waals surface area (Å²) in [5.41, 5.74) is 5.16. The van der Waals surface area contributed by atoms with Gasteiger partial charge < -0.3 is 19.7 Å². The van der Waals surface area contributed by atoms with E-state index in [1.165, 1.54) is 35.2 Å². The molecule has 4 rings (SSSR count). The van der Waals surface area contributed by atoms with E-state index in [1.54, 1.807) is 0 Å². The maximum absolute atomic E-state index is 5.43. The van der Waals surface area contributed by atoms with Gasteiger partial charge in [0.25, 0.3) is 0 Å². The highest BCUT2D eigenvalue weighted by molar-refractivity contribution is 6.08. The van der Waals surface area contributed by atoms with E-state index in [9.17, 15) is 0 Å². The lowest BCUT2D eigenvalue weighted by atomic mass is 10.0. The summed E-state index contributed by atoms with van der Waals surface area (Å²) in [5.74, 6) is 0. The first-order valence-corrected chi connectivity index (χ1v) is 10.2. The first-order valence-electron chi connectivity index (χ1n) is 10.2. The molecule has 0 spiro atoms. The third kappa shape index (κ3) is 5.75. The van der Waals surface area contributed by atoms with Crippen LogP contribution in [0.1, 0.15) is 17.5 Å². The summed E-state index contributed by atoms with van der Waals surface area (Å²) in [4.78, 5) is 2.47. The first kappa shape index (κ1) is 18.4. The standard InChI is InChI=1S/C22H29BN2O2/c23-10-1-11-25(14-22-16-27-22)20-8-4-18(5-9-20)12-17-2-6-19(7-3-17)24-13-21-15-26-21/h2-9,21-22,24H,1,10-16,23H2. The van der Waals surface area contributed by atoms with E-state index in [-0.39, 0.29) is 0 Å². The van der Waals surface area contributed by atoms with Gasteiger partial charge in [-0.05, 0) is 48.2 Å². The Kier molecular flexibility index (Phi) is 6.00. The SMILES string of the molecule is BCCCN(CC1CO1)c1ccc(Cc2ccc(NCC3CO3)cc2)cc1. The Labute approximate surface area is 163 Å². The van der Waals surface area contributed by atoms with E-state index in [1.807, 2.05) is 0 Å². The molecule has 4 nitrogen and oxygen atoms in total. The highest BCUT2D eigenvalue weighted by atomic mass is 16.6. The lowest BCUT2D eigenvalue weighted by Crippen LogP contribution is -2.28. The Morgan fingerprint density at radius 3 is 2.15 bits per heavy atom. The molecule has 2 unspecified atom stereocenters. The Morgan fingerprint density at radius 2 is 1.56 bits per heavy atom. The summed E-state index contributed by atoms with van der Waals surface area (Å²) >= 11 is 0. The molecule has 27 heavy (non-hydrogen) atoms. The number of benzene rings is 2. The van der Waals surface area contributed by atoms with Crippen LogP contribution in [0.2, 0.25) is 6.32 Å². The minimum atomic E-state index is 0.409. The van der Waals surface area contributed by atoms with Crippen LogP contribution in [0, 0.1) is 0 Å². The van der Waals surface area contributed by atoms with Gasteiger partial charge in [0.15, 0.2) is 0 Å². The molecular formula is C22H29BN2O2. The van der Waals surface area contributed by atoms with Crippen molar-refractivity contribution in [2.45, 2.75) is 31.4 Å². The summed E-state index contributed by atoms with van der Waals surface area (Å²) in [6.07, 6.45) is 4.25. The van der Waals surface area contributed by atoms with Crippen molar-refractivity contribution in [3.8, 4) is 0 Å². The molecule has 142 valence electrons. The second-order valence-electron chi connectivity index (χ2n) is 7.63. The molecule has 0 saturated carbocycles. The number of epoxide rings is 2. The molecule has 5 heteroatoms. The molecule has 0 bridgehead atoms. The number of anilines is 2. The molecule has 2 atom stereocenters. The van der Waals surface area contributed by atoms with Crippen molar-refractivity contribution >= 4 is 19.2 Å². The number of nitrogens with one attached hydrogen (secondary N) is 1. The van der Waals surface area contributed by atoms with Crippen LogP contribution in [-0.2, 0) is 15.9 Å². The Morgan fingerprint density at radius 1 is 0.926 bits per heavy atom. The van der Waals surface area contributed by atoms with Crippen molar-refractivity contribution in [3.63, 3.8) is 0 Å². The van der Waals surface area contributed by atoms with Gasteiger partial charge in [-0.3, -0.25) is 0 Å². The second-order valence-corrected chi connectivity index (χ2v) is 7.63. The van der Waals surface area contributed by atoms with Crippen LogP contribution in [0.15, 0.2) is 48.5 Å². The van der Waals surface area contributed by atoms with Gasteiger partial charge in [-0.15, -0.1) is 0 Å². The molecule has 0 aromatic heterocycles. The van der Waals surface area contributed by atoms with Crippen molar-refractivity contribution in [1.82, 2.24) is 0 Å². The zero-order valence-corrected chi connectivity index (χ0v) is 16.2. The van der Waals surface area contributed by atoms with Crippen LogP contribution in [-0.4, -0.2) is 52.9 Å². The van der Waals surface area contributed by atoms with E-state index in [2.05, 4.69) is 66.6 Å². The number of nitrogens with zero attached hydrogens (tertiary/aromatic N) is 1. The van der Waals surface area contributed by atoms with E-state index in [0.29, 0.717) is 12.2 Å². The molecule has 2 aliphatic heterocycles. The van der Waals surface area contributed by atoms with Crippen molar-refractivity contribution in [3.05, 3.63) is 59.7 Å². The Bertz CT molecular complexity index is 712. The smallest absolute Gasteiger partial charge is 0.101 e. The molecule has 2 saturated heterocycles. The summed E-state index contributed by atoms with van der Waals surface area (Å²) in [6, 6.07) is 17.8. The van der Waals surface area contributed by atoms with Crippen LogP contribution in [0.3, 0.4) is 0 Å². The molecule has 2 heterocycles. The van der Waals surface area contributed by atoms with Gasteiger partial charge in [0, 0.05) is 31.0 Å². The first-order chi connectivity index (χ1) is 13.3. The largest absolute Gasteiger partial charge is 0.382 e. The average molecular weight is 364 g/mol. The van der Waals surface area contributed by atoms with Gasteiger partial charge in [0.2, 0.25) is 0 Å². The summed E-state index contributed by atoms with van der Waals surface area (Å²) in [6.45, 7) is 4.83. The number of ether oxygens (including phenoxy) is 2. The topological polar surface area (TPSA) is 40.3 Å². The minimum Gasteiger partial charge on any atom is -0.382 e. The van der Waals surface area contributed by atoms with E-state index in [0.717, 1.165) is 39.3 Å². The monoisotopic (exact) mass is 364 g/mol. The molecule has 0 aliphatic carbocycles. The second kappa shape index (κ2) is 8.81. The Hall–Kier alpha value is -1.98. The summed E-state index contributed by atoms with van der Waals surface area (Å²) < 4.78 is 10.7. The molecular weight excluding hydrogens is 335 g/mol. The Balaban J connectivity index is 1.33. The highest BCUT2D eigenvalue weighted by Crippen LogP contribution is 2.22. The fourth-order valence-corrected chi connectivity index (χ4v) is 3.31. The molecule has 1 N–H and O–H groups in total. The predicted molar refractivity (Wildman–Crippen MR) is 114 cm³/mol. The summed E-state index contributed by atoms with van der Waals surface area (Å²) in [5, 5.41) is 3.41. The molecule has 2 aromatic carbocycles. The quantitative estimate of drug-likeness (QED) is 0.492. The fraction of sp³-hybridized carbons (Fsp3) is 0.455. The zero-order chi connectivity index (χ0) is 18.5. The molecule has 2 aliphatic rings. The average Bonchev–Trinajstić information content (AvgIpc) is 3.61. The van der Waals surface area contributed by atoms with Crippen LogP contribution in [0.25, 0.3) is 0 Å². The molecule has 2 fully saturated rings. The lowest BCUT2D eigenvalue weighted by molar-refractivity contribution is 0.407. The molecule has 2 aromatic rings. The number of hydrogen-bond donors (Lipinski definition) is 1. The van der Waals surface area contributed by atoms with Gasteiger partial charge >= 0.3 is 0 Å². The van der Waals surface area contributed by atoms with Crippen LogP contribution in [0.5, 0.6) is 0 Å². The maximum Gasteiger partial charge on any atom is 0.101 e. The van der Waals surface area contributed by atoms with Gasteiger partial charge in [-0.25, -0.2) is 0 Å². The van der Waals surface area contributed by atoms with Gasteiger partial charge in [-0.1, -0.05) is 30.6 Å². The minimum absolute atomic E-state index is 0.409. The van der Waals surface area contributed by atoms with Gasteiger partial charge in [-0.2, -0.15) is 0 Å². The predicted octanol–water partition coefficient (Wildman–Crippen LogP) is 2.73. The van der Waals surface area contributed by atoms with E-state index >= 15 is 0 Å². The number of rotatable bonds is 11. The lowest BCUT2D eigenvalue weighted by Gasteiger charge is -2.24. The zero-order valence-electron chi connectivity index (χ0n) is 16.2. The third-order valence-electron chi connectivity index (χ3n) is 5.21. The fourth-order valence-electron chi connectivity index (χ4n) is 3.31. The van der Waals surface area contributed by atoms with Crippen LogP contribution >= 0.6 is 0 Å². The van der Waals surface area contributed by atoms with Crippen LogP contribution in [0.4, 0.5) is 11.4 Å². The van der Waals surface area contributed by atoms with E-state index in [4.69, 9.17) is 9.47 Å². The van der Waals surface area contributed by atoms with Crippen molar-refractivity contribution in [1.29, 1.82) is 0 Å². The van der Waals surface area contributed by atoms with Crippen molar-refractivity contribution < 1.29 is 9.47 Å². The maximum atomic E-state index is 5.43. The summed E-state index contributed by atoms with van der Waals surface area (Å²) in [7, 11) is 2.25. The molecule has 0 amide bonds. The highest BCUT2D eigenvalue weighted by Gasteiger charge is 2.25. The van der Waals surface area contributed by atoms with Gasteiger partial charge in [0.05, 0.1) is 25.4 Å². The van der Waals surface area contributed by atoms with Gasteiger partial charge in [0.1, 0.15) is 7.85 Å². The van der Waals surface area contributed by atoms with Crippen molar-refractivity contribution in [2.75, 3.05) is 43.1 Å². The third-order valence-corrected chi connectivity index (χ3v) is 5.21.